The Kier molecular flexibility index (Phi) is 6.26. The van der Waals surface area contributed by atoms with E-state index in [-0.39, 0.29) is 32.6 Å². The van der Waals surface area contributed by atoms with E-state index in [0.717, 1.165) is 45.2 Å². The number of rotatable bonds is 5. The molecule has 1 aromatic heterocycles. The van der Waals surface area contributed by atoms with Crippen molar-refractivity contribution < 1.29 is 17.9 Å². The van der Waals surface area contributed by atoms with Gasteiger partial charge >= 0.3 is 0 Å². The maximum atomic E-state index is 12.8. The molecule has 0 radical (unpaired) electrons. The van der Waals surface area contributed by atoms with Gasteiger partial charge in [-0.2, -0.15) is 10.0 Å². The predicted octanol–water partition coefficient (Wildman–Crippen LogP) is 3.75. The molecule has 11 heteroatoms. The van der Waals surface area contributed by atoms with E-state index in [1.54, 1.807) is 27.0 Å². The lowest BCUT2D eigenvalue weighted by molar-refractivity contribution is -0.114. The van der Waals surface area contributed by atoms with Gasteiger partial charge < -0.3 is 9.30 Å². The number of aryl methyl sites for hydroxylation is 1. The zero-order valence-corrected chi connectivity index (χ0v) is 21.1. The molecule has 2 aliphatic rings. The first kappa shape index (κ1) is 24.0. The van der Waals surface area contributed by atoms with Crippen LogP contribution in [-0.4, -0.2) is 52.1 Å². The topological polar surface area (TPSA) is 117 Å². The number of methoxy groups -OCH3 is 1. The third-order valence-electron chi connectivity index (χ3n) is 5.36. The van der Waals surface area contributed by atoms with Gasteiger partial charge in [-0.3, -0.25) is 10.2 Å². The van der Waals surface area contributed by atoms with E-state index in [0.29, 0.717) is 0 Å². The van der Waals surface area contributed by atoms with Gasteiger partial charge in [-0.1, -0.05) is 13.8 Å². The molecule has 0 bridgehead atoms. The minimum Gasteiger partial charge on any atom is -0.497 e. The molecule has 2 aromatic rings. The maximum Gasteiger partial charge on any atom is 0.283 e. The summed E-state index contributed by atoms with van der Waals surface area (Å²) in [5.74, 6) is -0.198. The van der Waals surface area contributed by atoms with Crippen LogP contribution in [0.5, 0.6) is 5.75 Å². The molecular formula is C23H25N5O4S2. The molecule has 0 fully saturated rings. The van der Waals surface area contributed by atoms with Gasteiger partial charge in [0.15, 0.2) is 5.84 Å². The van der Waals surface area contributed by atoms with E-state index in [2.05, 4.69) is 10.1 Å². The van der Waals surface area contributed by atoms with E-state index < -0.39 is 15.7 Å². The number of fused-ring (bicyclic) bond motifs is 1. The molecule has 2 aliphatic heterocycles. The normalized spacial score (nSPS) is 17.4. The molecule has 0 saturated heterocycles. The summed E-state index contributed by atoms with van der Waals surface area (Å²) < 4.78 is 32.3. The van der Waals surface area contributed by atoms with E-state index in [1.807, 2.05) is 48.7 Å². The van der Waals surface area contributed by atoms with Crippen LogP contribution in [0, 0.1) is 25.2 Å². The predicted molar refractivity (Wildman–Crippen MR) is 135 cm³/mol. The first-order valence-corrected chi connectivity index (χ1v) is 13.0. The number of benzene rings is 1. The second-order valence-electron chi connectivity index (χ2n) is 8.42. The number of hydrazone groups is 1. The van der Waals surface area contributed by atoms with Gasteiger partial charge in [-0.05, 0) is 73.5 Å². The average Bonchev–Trinajstić information content (AvgIpc) is 3.32. The van der Waals surface area contributed by atoms with Crippen molar-refractivity contribution in [3.63, 3.8) is 0 Å². The second-order valence-corrected chi connectivity index (χ2v) is 11.6. The molecule has 9 nitrogen and oxygen atoms in total. The fourth-order valence-corrected chi connectivity index (χ4v) is 6.62. The minimum atomic E-state index is -3.63. The third-order valence-corrected chi connectivity index (χ3v) is 8.79. The number of aromatic nitrogens is 1. The fraction of sp³-hybridized carbons (Fsp3) is 0.304. The van der Waals surface area contributed by atoms with Crippen LogP contribution in [0.25, 0.3) is 11.8 Å². The van der Waals surface area contributed by atoms with Gasteiger partial charge in [0.05, 0.1) is 18.4 Å². The molecular weight excluding hydrogens is 474 g/mol. The van der Waals surface area contributed by atoms with Crippen LogP contribution in [0.2, 0.25) is 0 Å². The molecule has 178 valence electrons. The molecule has 0 saturated carbocycles. The zero-order valence-electron chi connectivity index (χ0n) is 19.5. The Morgan fingerprint density at radius 2 is 1.88 bits per heavy atom. The quantitative estimate of drug-likeness (QED) is 0.626. The van der Waals surface area contributed by atoms with E-state index >= 15 is 0 Å². The lowest BCUT2D eigenvalue weighted by atomic mass is 10.1. The Hall–Kier alpha value is -3.18. The van der Waals surface area contributed by atoms with Crippen LogP contribution < -0.4 is 4.74 Å². The van der Waals surface area contributed by atoms with Gasteiger partial charge in [-0.15, -0.1) is 5.10 Å². The van der Waals surface area contributed by atoms with Crippen LogP contribution in [0.4, 0.5) is 0 Å². The number of thioether (sulfide) groups is 1. The number of nitrogens with zero attached hydrogens (tertiary/aromatic N) is 4. The lowest BCUT2D eigenvalue weighted by Gasteiger charge is -2.20. The zero-order chi connectivity index (χ0) is 24.8. The van der Waals surface area contributed by atoms with Gasteiger partial charge in [0, 0.05) is 17.1 Å². The van der Waals surface area contributed by atoms with Crippen molar-refractivity contribution in [2.45, 2.75) is 27.7 Å². The summed E-state index contributed by atoms with van der Waals surface area (Å²) >= 11 is 0.804. The summed E-state index contributed by atoms with van der Waals surface area (Å²) in [5.41, 5.74) is 3.57. The van der Waals surface area contributed by atoms with Crippen molar-refractivity contribution in [3.05, 3.63) is 52.9 Å². The molecule has 0 unspecified atom stereocenters. The number of aliphatic imine (C=N–C) groups is 1. The monoisotopic (exact) mass is 499 g/mol. The van der Waals surface area contributed by atoms with Gasteiger partial charge in [0.25, 0.3) is 5.91 Å². The summed E-state index contributed by atoms with van der Waals surface area (Å²) in [6.07, 6.45) is 1.61. The van der Waals surface area contributed by atoms with E-state index in [1.165, 1.54) is 0 Å². The van der Waals surface area contributed by atoms with Crippen molar-refractivity contribution in [1.29, 1.82) is 5.41 Å². The number of sulfone groups is 1. The number of carbonyl (C=O) groups excluding carboxylic acids is 1. The summed E-state index contributed by atoms with van der Waals surface area (Å²) in [4.78, 5) is 16.8. The molecule has 1 N–H and O–H groups in total. The number of hydrogen-bond acceptors (Lipinski definition) is 7. The standard InChI is InChI=1S/C23H25N5O4S2/c1-13(2)12-34(30,31)23-26-28-20(24)19(21(29)25-22(28)33-23)11-16-10-14(3)27(15(16)4)17-6-8-18(32-5)9-7-17/h6-11,13,24H,12H2,1-5H3/b19-11-,24-20?. The molecule has 0 spiro atoms. The summed E-state index contributed by atoms with van der Waals surface area (Å²) in [7, 11) is -2.02. The van der Waals surface area contributed by atoms with Crippen LogP contribution >= 0.6 is 11.8 Å². The van der Waals surface area contributed by atoms with Crippen LogP contribution in [0.3, 0.4) is 0 Å². The molecule has 0 atom stereocenters. The summed E-state index contributed by atoms with van der Waals surface area (Å²) in [6.45, 7) is 7.49. The Balaban J connectivity index is 1.69. The number of hydrogen-bond donors (Lipinski definition) is 1. The lowest BCUT2D eigenvalue weighted by Crippen LogP contribution is -2.35. The Labute approximate surface area is 202 Å². The molecule has 1 aromatic carbocycles. The molecule has 0 aliphatic carbocycles. The fourth-order valence-electron chi connectivity index (χ4n) is 3.83. The van der Waals surface area contributed by atoms with Crippen molar-refractivity contribution in [2.75, 3.05) is 12.9 Å². The SMILES string of the molecule is COc1ccc(-n2c(C)cc(/C=C3/C(=N)N4N=C(S(=O)(=O)CC(C)C)SC4=NC3=O)c2C)cc1. The van der Waals surface area contributed by atoms with Crippen molar-refractivity contribution in [1.82, 2.24) is 9.58 Å². The van der Waals surface area contributed by atoms with Gasteiger partial charge in [-0.25, -0.2) is 8.42 Å². The van der Waals surface area contributed by atoms with E-state index in [4.69, 9.17) is 10.1 Å². The van der Waals surface area contributed by atoms with E-state index in [9.17, 15) is 13.2 Å². The number of carbonyl (C=O) groups is 1. The highest BCUT2D eigenvalue weighted by Crippen LogP contribution is 2.32. The molecule has 1 amide bonds. The van der Waals surface area contributed by atoms with Crippen LogP contribution in [0.1, 0.15) is 30.8 Å². The highest BCUT2D eigenvalue weighted by Gasteiger charge is 2.40. The van der Waals surface area contributed by atoms with Gasteiger partial charge in [0.2, 0.25) is 19.4 Å². The minimum absolute atomic E-state index is 0.0468. The van der Waals surface area contributed by atoms with Crippen molar-refractivity contribution in [2.24, 2.45) is 16.0 Å². The largest absolute Gasteiger partial charge is 0.497 e. The Bertz CT molecular complexity index is 1380. The summed E-state index contributed by atoms with van der Waals surface area (Å²) in [5, 5.41) is 13.9. The molecule has 3 heterocycles. The molecule has 34 heavy (non-hydrogen) atoms. The third kappa shape index (κ3) is 4.32. The number of amidine groups is 2. The van der Waals surface area contributed by atoms with Crippen LogP contribution in [0.15, 0.2) is 46.0 Å². The summed E-state index contributed by atoms with van der Waals surface area (Å²) in [6, 6.07) is 9.55. The first-order chi connectivity index (χ1) is 16.0. The second kappa shape index (κ2) is 8.88. The number of nitrogens with one attached hydrogen (secondary N) is 1. The Morgan fingerprint density at radius 1 is 1.21 bits per heavy atom. The van der Waals surface area contributed by atoms with Crippen LogP contribution in [-0.2, 0) is 14.6 Å². The van der Waals surface area contributed by atoms with Gasteiger partial charge in [0.1, 0.15) is 5.75 Å². The first-order valence-electron chi connectivity index (χ1n) is 10.6. The average molecular weight is 500 g/mol. The number of ether oxygens (including phenoxy) is 1. The molecule has 4 rings (SSSR count). The smallest absolute Gasteiger partial charge is 0.283 e. The highest BCUT2D eigenvalue weighted by atomic mass is 32.3. The Morgan fingerprint density at radius 3 is 2.50 bits per heavy atom. The van der Waals surface area contributed by atoms with Crippen molar-refractivity contribution >= 4 is 49.0 Å². The highest BCUT2D eigenvalue weighted by molar-refractivity contribution is 8.42. The van der Waals surface area contributed by atoms with Crippen molar-refractivity contribution in [3.8, 4) is 11.4 Å². The maximum absolute atomic E-state index is 12.8. The number of amides is 1.